The molecule has 0 bridgehead atoms. The minimum Gasteiger partial charge on any atom is -0.486 e. The Bertz CT molecular complexity index is 556. The molecule has 3 N–H and O–H groups in total. The van der Waals surface area contributed by atoms with Gasteiger partial charge < -0.3 is 20.5 Å². The molecule has 130 valence electrons. The van der Waals surface area contributed by atoms with E-state index in [1.54, 1.807) is 18.2 Å². The summed E-state index contributed by atoms with van der Waals surface area (Å²) in [5.74, 6) is 1.69. The van der Waals surface area contributed by atoms with Crippen LogP contribution in [-0.2, 0) is 15.6 Å². The number of ether oxygens (including phenoxy) is 2. The van der Waals surface area contributed by atoms with Crippen molar-refractivity contribution in [1.82, 2.24) is 5.32 Å². The fourth-order valence-electron chi connectivity index (χ4n) is 1.93. The first-order chi connectivity index (χ1) is 10.6. The Morgan fingerprint density at radius 2 is 2.04 bits per heavy atom. The number of carbonyl (C=O) groups excluding carboxylic acids is 1. The van der Waals surface area contributed by atoms with Crippen molar-refractivity contribution in [1.29, 1.82) is 0 Å². The predicted octanol–water partition coefficient (Wildman–Crippen LogP) is 1.09. The van der Waals surface area contributed by atoms with E-state index in [0.717, 1.165) is 0 Å². The summed E-state index contributed by atoms with van der Waals surface area (Å²) in [6.45, 7) is 4.06. The zero-order valence-electron chi connectivity index (χ0n) is 13.1. The lowest BCUT2D eigenvalue weighted by molar-refractivity contribution is -0.120. The predicted molar refractivity (Wildman–Crippen MR) is 91.8 cm³/mol. The van der Waals surface area contributed by atoms with Crippen molar-refractivity contribution in [3.63, 3.8) is 0 Å². The molecule has 1 heterocycles. The number of hydrogen-bond donors (Lipinski definition) is 2. The lowest BCUT2D eigenvalue weighted by Gasteiger charge is -2.18. The molecule has 0 aliphatic carbocycles. The van der Waals surface area contributed by atoms with Crippen molar-refractivity contribution in [2.45, 2.75) is 18.2 Å². The molecule has 0 saturated heterocycles. The maximum Gasteiger partial charge on any atom is 0.220 e. The van der Waals surface area contributed by atoms with Crippen LogP contribution in [0.25, 0.3) is 0 Å². The summed E-state index contributed by atoms with van der Waals surface area (Å²) in [7, 11) is -1.24. The molecule has 1 aliphatic heterocycles. The third-order valence-electron chi connectivity index (χ3n) is 3.34. The maximum atomic E-state index is 12.2. The van der Waals surface area contributed by atoms with Gasteiger partial charge in [0.15, 0.2) is 11.5 Å². The normalized spacial score (nSPS) is 15.2. The molecule has 23 heavy (non-hydrogen) atoms. The fraction of sp³-hybridized carbons (Fsp3) is 0.533. The Balaban J connectivity index is 0.00000264. The highest BCUT2D eigenvalue weighted by Gasteiger charge is 2.15. The molecule has 1 aromatic carbocycles. The van der Waals surface area contributed by atoms with Gasteiger partial charge in [0.1, 0.15) is 13.2 Å². The molecule has 2 unspecified atom stereocenters. The molecule has 0 aromatic heterocycles. The molecule has 1 aromatic rings. The van der Waals surface area contributed by atoms with Crippen molar-refractivity contribution in [2.24, 2.45) is 11.7 Å². The third-order valence-corrected chi connectivity index (χ3v) is 4.70. The Kier molecular flexibility index (Phi) is 8.36. The number of rotatable bonds is 7. The van der Waals surface area contributed by atoms with Crippen LogP contribution < -0.4 is 20.5 Å². The van der Waals surface area contributed by atoms with Gasteiger partial charge in [0.05, 0.1) is 10.8 Å². The Hall–Kier alpha value is -1.31. The lowest BCUT2D eigenvalue weighted by atomic mass is 10.2. The molecule has 8 heteroatoms. The van der Waals surface area contributed by atoms with Gasteiger partial charge in [0.25, 0.3) is 0 Å². The standard InChI is InChI=1S/C15H22N2O4S.ClH/c1-11(9-16)10-17-15(18)4-7-22(19)12-2-3-13-14(8-12)21-6-5-20-13;/h2-3,8,11H,4-7,9-10,16H2,1H3,(H,17,18);1H. The van der Waals surface area contributed by atoms with Gasteiger partial charge in [-0.3, -0.25) is 9.00 Å². The number of fused-ring (bicyclic) bond motifs is 1. The van der Waals surface area contributed by atoms with E-state index in [1.807, 2.05) is 6.92 Å². The van der Waals surface area contributed by atoms with Crippen molar-refractivity contribution < 1.29 is 18.5 Å². The first-order valence-corrected chi connectivity index (χ1v) is 8.67. The van der Waals surface area contributed by atoms with Crippen molar-refractivity contribution >= 4 is 29.1 Å². The molecule has 2 atom stereocenters. The molecule has 1 amide bonds. The zero-order valence-corrected chi connectivity index (χ0v) is 14.7. The molecular formula is C15H23ClN2O4S. The molecule has 2 rings (SSSR count). The number of carbonyl (C=O) groups is 1. The zero-order chi connectivity index (χ0) is 15.9. The Labute approximate surface area is 145 Å². The summed E-state index contributed by atoms with van der Waals surface area (Å²) in [6.07, 6.45) is 0.221. The first-order valence-electron chi connectivity index (χ1n) is 7.35. The van der Waals surface area contributed by atoms with Gasteiger partial charge in [-0.15, -0.1) is 12.4 Å². The van der Waals surface area contributed by atoms with Crippen LogP contribution in [0.15, 0.2) is 23.1 Å². The summed E-state index contributed by atoms with van der Waals surface area (Å²) in [5.41, 5.74) is 5.49. The summed E-state index contributed by atoms with van der Waals surface area (Å²) in [5, 5.41) is 2.79. The van der Waals surface area contributed by atoms with Gasteiger partial charge in [-0.25, -0.2) is 0 Å². The van der Waals surface area contributed by atoms with Crippen molar-refractivity contribution in [3.05, 3.63) is 18.2 Å². The fourth-order valence-corrected chi connectivity index (χ4v) is 2.99. The minimum absolute atomic E-state index is 0. The summed E-state index contributed by atoms with van der Waals surface area (Å²) in [4.78, 5) is 12.3. The minimum atomic E-state index is -1.24. The highest BCUT2D eigenvalue weighted by atomic mass is 35.5. The SMILES string of the molecule is CC(CN)CNC(=O)CCS(=O)c1ccc2c(c1)OCCO2.Cl. The smallest absolute Gasteiger partial charge is 0.220 e. The Morgan fingerprint density at radius 1 is 1.35 bits per heavy atom. The summed E-state index contributed by atoms with van der Waals surface area (Å²) < 4.78 is 23.1. The lowest BCUT2D eigenvalue weighted by Crippen LogP contribution is -2.31. The van der Waals surface area contributed by atoms with Crippen molar-refractivity contribution in [3.8, 4) is 11.5 Å². The van der Waals surface area contributed by atoms with E-state index < -0.39 is 10.8 Å². The quantitative estimate of drug-likeness (QED) is 0.757. The van der Waals surface area contributed by atoms with E-state index in [0.29, 0.717) is 42.7 Å². The largest absolute Gasteiger partial charge is 0.486 e. The first kappa shape index (κ1) is 19.7. The van der Waals surface area contributed by atoms with Crippen LogP contribution in [0.5, 0.6) is 11.5 Å². The molecule has 0 spiro atoms. The van der Waals surface area contributed by atoms with E-state index in [4.69, 9.17) is 15.2 Å². The van der Waals surface area contributed by atoms with Gasteiger partial charge in [-0.1, -0.05) is 6.92 Å². The van der Waals surface area contributed by atoms with Crippen LogP contribution in [0.4, 0.5) is 0 Å². The summed E-state index contributed by atoms with van der Waals surface area (Å²) in [6, 6.07) is 5.22. The topological polar surface area (TPSA) is 90.7 Å². The van der Waals surface area contributed by atoms with E-state index in [-0.39, 0.29) is 36.4 Å². The molecule has 1 aliphatic rings. The number of benzene rings is 1. The molecule has 6 nitrogen and oxygen atoms in total. The van der Waals surface area contributed by atoms with E-state index in [2.05, 4.69) is 5.32 Å². The number of amides is 1. The van der Waals surface area contributed by atoms with Crippen LogP contribution >= 0.6 is 12.4 Å². The molecule has 0 radical (unpaired) electrons. The summed E-state index contributed by atoms with van der Waals surface area (Å²) >= 11 is 0. The van der Waals surface area contributed by atoms with Crippen LogP contribution in [0.3, 0.4) is 0 Å². The van der Waals surface area contributed by atoms with Gasteiger partial charge >= 0.3 is 0 Å². The Morgan fingerprint density at radius 3 is 2.74 bits per heavy atom. The molecular weight excluding hydrogens is 340 g/mol. The van der Waals surface area contributed by atoms with Gasteiger partial charge in [-0.2, -0.15) is 0 Å². The average Bonchev–Trinajstić information content (AvgIpc) is 2.56. The van der Waals surface area contributed by atoms with Crippen LogP contribution in [0.1, 0.15) is 13.3 Å². The maximum absolute atomic E-state index is 12.2. The van der Waals surface area contributed by atoms with Gasteiger partial charge in [0, 0.05) is 29.7 Å². The highest BCUT2D eigenvalue weighted by molar-refractivity contribution is 7.85. The number of hydrogen-bond acceptors (Lipinski definition) is 5. The van der Waals surface area contributed by atoms with E-state index in [9.17, 15) is 9.00 Å². The van der Waals surface area contributed by atoms with E-state index in [1.165, 1.54) is 0 Å². The van der Waals surface area contributed by atoms with Crippen LogP contribution in [-0.4, -0.2) is 42.2 Å². The van der Waals surface area contributed by atoms with Crippen LogP contribution in [0, 0.1) is 5.92 Å². The third kappa shape index (κ3) is 6.01. The van der Waals surface area contributed by atoms with Crippen LogP contribution in [0.2, 0.25) is 0 Å². The second kappa shape index (κ2) is 9.75. The molecule has 0 saturated carbocycles. The second-order valence-electron chi connectivity index (χ2n) is 5.25. The number of nitrogens with two attached hydrogens (primary N) is 1. The van der Waals surface area contributed by atoms with Gasteiger partial charge in [-0.05, 0) is 24.6 Å². The average molecular weight is 363 g/mol. The highest BCUT2D eigenvalue weighted by Crippen LogP contribution is 2.31. The second-order valence-corrected chi connectivity index (χ2v) is 6.82. The monoisotopic (exact) mass is 362 g/mol. The molecule has 0 fully saturated rings. The van der Waals surface area contributed by atoms with Gasteiger partial charge in [0.2, 0.25) is 5.91 Å². The number of halogens is 1. The number of nitrogens with one attached hydrogen (secondary N) is 1. The van der Waals surface area contributed by atoms with Crippen molar-refractivity contribution in [2.75, 3.05) is 32.1 Å². The van der Waals surface area contributed by atoms with E-state index >= 15 is 0 Å².